The third-order valence-electron chi connectivity index (χ3n) is 3.99. The van der Waals surface area contributed by atoms with Crippen molar-refractivity contribution in [2.75, 3.05) is 19.6 Å². The molecule has 2 rings (SSSR count). The summed E-state index contributed by atoms with van der Waals surface area (Å²) in [5, 5.41) is 0. The van der Waals surface area contributed by atoms with E-state index in [2.05, 4.69) is 49.1 Å². The number of likely N-dealkylation sites (tertiary alicyclic amines) is 1. The highest BCUT2D eigenvalue weighted by Crippen LogP contribution is 2.21. The monoisotopic (exact) mass is 257 g/mol. The van der Waals surface area contributed by atoms with Crippen LogP contribution in [0.5, 0.6) is 0 Å². The first-order valence-electron chi connectivity index (χ1n) is 7.75. The first kappa shape index (κ1) is 14.3. The molecule has 0 N–H and O–H groups in total. The normalized spacial score (nSPS) is 21.9. The summed E-state index contributed by atoms with van der Waals surface area (Å²) in [5.41, 5.74) is 4.39. The van der Waals surface area contributed by atoms with Crippen LogP contribution in [0.4, 0.5) is 0 Å². The second-order valence-electron chi connectivity index (χ2n) is 5.70. The van der Waals surface area contributed by atoms with Gasteiger partial charge in [0.2, 0.25) is 0 Å². The summed E-state index contributed by atoms with van der Waals surface area (Å²) < 4.78 is 0. The van der Waals surface area contributed by atoms with Gasteiger partial charge in [-0.25, -0.2) is 0 Å². The zero-order valence-electron chi connectivity index (χ0n) is 12.5. The molecule has 0 spiro atoms. The first-order chi connectivity index (χ1) is 9.29. The molecule has 1 fully saturated rings. The second kappa shape index (κ2) is 7.49. The summed E-state index contributed by atoms with van der Waals surface area (Å²) >= 11 is 0. The van der Waals surface area contributed by atoms with Crippen LogP contribution in [0, 0.1) is 0 Å². The van der Waals surface area contributed by atoms with Crippen LogP contribution >= 0.6 is 0 Å². The van der Waals surface area contributed by atoms with Crippen molar-refractivity contribution in [1.82, 2.24) is 4.90 Å². The van der Waals surface area contributed by atoms with Gasteiger partial charge in [-0.3, -0.25) is 4.90 Å². The molecule has 1 aliphatic heterocycles. The van der Waals surface area contributed by atoms with Crippen LogP contribution in [0.15, 0.2) is 47.1 Å². The van der Waals surface area contributed by atoms with E-state index in [-0.39, 0.29) is 0 Å². The molecule has 0 bridgehead atoms. The van der Waals surface area contributed by atoms with Crippen molar-refractivity contribution < 1.29 is 0 Å². The van der Waals surface area contributed by atoms with Crippen molar-refractivity contribution in [3.8, 4) is 0 Å². The van der Waals surface area contributed by atoms with Crippen molar-refractivity contribution in [2.45, 2.75) is 46.0 Å². The lowest BCUT2D eigenvalue weighted by molar-refractivity contribution is 0.246. The van der Waals surface area contributed by atoms with Gasteiger partial charge in [0.15, 0.2) is 0 Å². The Hall–Kier alpha value is -1.08. The summed E-state index contributed by atoms with van der Waals surface area (Å²) in [4.78, 5) is 2.60. The summed E-state index contributed by atoms with van der Waals surface area (Å²) in [7, 11) is 0. The van der Waals surface area contributed by atoms with Gasteiger partial charge in [0.05, 0.1) is 0 Å². The Morgan fingerprint density at radius 3 is 2.79 bits per heavy atom. The average Bonchev–Trinajstić information content (AvgIpc) is 2.64. The molecule has 0 unspecified atom stereocenters. The Morgan fingerprint density at radius 2 is 2.05 bits per heavy atom. The maximum absolute atomic E-state index is 2.60. The third-order valence-corrected chi connectivity index (χ3v) is 3.99. The molecule has 0 aromatic heterocycles. The molecule has 2 aliphatic rings. The van der Waals surface area contributed by atoms with Crippen LogP contribution in [-0.2, 0) is 0 Å². The van der Waals surface area contributed by atoms with Gasteiger partial charge in [-0.15, -0.1) is 0 Å². The van der Waals surface area contributed by atoms with E-state index < -0.39 is 0 Å². The zero-order chi connectivity index (χ0) is 13.5. The van der Waals surface area contributed by atoms with Crippen molar-refractivity contribution in [1.29, 1.82) is 0 Å². The molecule has 0 atom stereocenters. The van der Waals surface area contributed by atoms with Gasteiger partial charge in [-0.2, -0.15) is 0 Å². The minimum absolute atomic E-state index is 1.07. The molecule has 1 heterocycles. The third kappa shape index (κ3) is 4.50. The Morgan fingerprint density at radius 1 is 1.26 bits per heavy atom. The molecule has 1 saturated heterocycles. The summed E-state index contributed by atoms with van der Waals surface area (Å²) in [6, 6.07) is 0. The zero-order valence-corrected chi connectivity index (χ0v) is 12.5. The fourth-order valence-corrected chi connectivity index (χ4v) is 2.96. The minimum Gasteiger partial charge on any atom is -0.299 e. The fraction of sp³-hybridized carbons (Fsp3) is 0.556. The molecular formula is C18H27N. The molecule has 0 saturated carbocycles. The van der Waals surface area contributed by atoms with E-state index in [0.717, 1.165) is 19.4 Å². The van der Waals surface area contributed by atoms with E-state index in [4.69, 9.17) is 0 Å². The van der Waals surface area contributed by atoms with Crippen molar-refractivity contribution in [3.63, 3.8) is 0 Å². The molecule has 104 valence electrons. The van der Waals surface area contributed by atoms with Gasteiger partial charge in [-0.05, 0) is 56.8 Å². The number of hydrogen-bond donors (Lipinski definition) is 0. The van der Waals surface area contributed by atoms with Gasteiger partial charge in [0.1, 0.15) is 0 Å². The van der Waals surface area contributed by atoms with Crippen LogP contribution in [0.25, 0.3) is 0 Å². The van der Waals surface area contributed by atoms with Crippen LogP contribution in [0.1, 0.15) is 46.0 Å². The fourth-order valence-electron chi connectivity index (χ4n) is 2.96. The predicted octanol–water partition coefficient (Wildman–Crippen LogP) is 4.64. The molecule has 1 aliphatic carbocycles. The van der Waals surface area contributed by atoms with E-state index in [0.29, 0.717) is 0 Å². The number of allylic oxidation sites excluding steroid dienone is 7. The van der Waals surface area contributed by atoms with Crippen LogP contribution in [0.3, 0.4) is 0 Å². The molecule has 0 aromatic rings. The Labute approximate surface area is 118 Å². The standard InChI is InChI=1S/C18H27N/c1-3-17-10-6-4-7-11-18(17)14-16(2)15-19-12-8-5-9-13-19/h4,7,10-11,14H,3,5-6,8-9,12-13,15H2,1-2H3/b16-14+. The lowest BCUT2D eigenvalue weighted by Crippen LogP contribution is -2.31. The Bertz CT molecular complexity index is 403. The van der Waals surface area contributed by atoms with Crippen molar-refractivity contribution in [2.24, 2.45) is 0 Å². The van der Waals surface area contributed by atoms with E-state index in [1.54, 1.807) is 0 Å². The molecule has 0 aromatic carbocycles. The molecule has 1 heteroatoms. The number of hydrogen-bond acceptors (Lipinski definition) is 1. The highest BCUT2D eigenvalue weighted by molar-refractivity contribution is 5.45. The van der Waals surface area contributed by atoms with E-state index in [1.165, 1.54) is 49.1 Å². The maximum atomic E-state index is 2.60. The van der Waals surface area contributed by atoms with Crippen molar-refractivity contribution in [3.05, 3.63) is 47.1 Å². The smallest absolute Gasteiger partial charge is 0.0193 e. The van der Waals surface area contributed by atoms with Crippen LogP contribution < -0.4 is 0 Å². The van der Waals surface area contributed by atoms with E-state index in [9.17, 15) is 0 Å². The highest BCUT2D eigenvalue weighted by Gasteiger charge is 2.10. The summed E-state index contributed by atoms with van der Waals surface area (Å²) in [6.45, 7) is 8.22. The molecular weight excluding hydrogens is 230 g/mol. The van der Waals surface area contributed by atoms with Gasteiger partial charge >= 0.3 is 0 Å². The number of nitrogens with zero attached hydrogens (tertiary/aromatic N) is 1. The topological polar surface area (TPSA) is 3.24 Å². The van der Waals surface area contributed by atoms with E-state index >= 15 is 0 Å². The van der Waals surface area contributed by atoms with Gasteiger partial charge in [0.25, 0.3) is 0 Å². The number of piperidine rings is 1. The maximum Gasteiger partial charge on any atom is 0.0193 e. The van der Waals surface area contributed by atoms with E-state index in [1.807, 2.05) is 0 Å². The largest absolute Gasteiger partial charge is 0.299 e. The highest BCUT2D eigenvalue weighted by atomic mass is 15.1. The molecule has 0 amide bonds. The average molecular weight is 257 g/mol. The first-order valence-corrected chi connectivity index (χ1v) is 7.75. The van der Waals surface area contributed by atoms with Gasteiger partial charge in [-0.1, -0.05) is 49.3 Å². The number of rotatable bonds is 4. The van der Waals surface area contributed by atoms with Crippen LogP contribution in [0.2, 0.25) is 0 Å². The molecule has 19 heavy (non-hydrogen) atoms. The lowest BCUT2D eigenvalue weighted by Gasteiger charge is -2.26. The summed E-state index contributed by atoms with van der Waals surface area (Å²) in [6.07, 6.45) is 17.8. The quantitative estimate of drug-likeness (QED) is 0.709. The minimum atomic E-state index is 1.07. The van der Waals surface area contributed by atoms with Gasteiger partial charge < -0.3 is 0 Å². The van der Waals surface area contributed by atoms with Crippen LogP contribution in [-0.4, -0.2) is 24.5 Å². The van der Waals surface area contributed by atoms with Gasteiger partial charge in [0, 0.05) is 6.54 Å². The Kier molecular flexibility index (Phi) is 5.65. The molecule has 0 radical (unpaired) electrons. The second-order valence-corrected chi connectivity index (χ2v) is 5.70. The SMILES string of the molecule is CCC1=CCC=CC=C1/C=C(\C)CN1CCCCC1. The Balaban J connectivity index is 2.01. The lowest BCUT2D eigenvalue weighted by atomic mass is 10.0. The summed E-state index contributed by atoms with van der Waals surface area (Å²) in [5.74, 6) is 0. The molecule has 1 nitrogen and oxygen atoms in total. The van der Waals surface area contributed by atoms with Crippen molar-refractivity contribution >= 4 is 0 Å². The predicted molar refractivity (Wildman–Crippen MR) is 84.3 cm³/mol.